The quantitative estimate of drug-likeness (QED) is 0.602. The van der Waals surface area contributed by atoms with Gasteiger partial charge in [-0.25, -0.2) is 8.42 Å². The Morgan fingerprint density at radius 1 is 1.13 bits per heavy atom. The van der Waals surface area contributed by atoms with Gasteiger partial charge in [0, 0.05) is 29.7 Å². The van der Waals surface area contributed by atoms with Crippen LogP contribution in [-0.2, 0) is 26.0 Å². The Labute approximate surface area is 186 Å². The molecule has 0 aromatic heterocycles. The highest BCUT2D eigenvalue weighted by atomic mass is 79.9. The maximum atomic E-state index is 12.6. The molecule has 1 heterocycles. The summed E-state index contributed by atoms with van der Waals surface area (Å²) in [5.74, 6) is -0.190. The molecule has 2 aromatic rings. The molecule has 3 rings (SSSR count). The van der Waals surface area contributed by atoms with E-state index in [1.165, 1.54) is 10.4 Å². The lowest BCUT2D eigenvalue weighted by molar-refractivity contribution is -0.117. The predicted octanol–water partition coefficient (Wildman–Crippen LogP) is 3.23. The third kappa shape index (κ3) is 6.25. The van der Waals surface area contributed by atoms with E-state index in [9.17, 15) is 13.2 Å². The van der Waals surface area contributed by atoms with Gasteiger partial charge in [-0.15, -0.1) is 0 Å². The van der Waals surface area contributed by atoms with Crippen LogP contribution in [-0.4, -0.2) is 51.0 Å². The second-order valence-corrected chi connectivity index (χ2v) is 10.0. The van der Waals surface area contributed by atoms with E-state index in [0.717, 1.165) is 22.0 Å². The van der Waals surface area contributed by atoms with Crippen molar-refractivity contribution in [2.75, 3.05) is 26.3 Å². The topological polar surface area (TPSA) is 75.7 Å². The highest BCUT2D eigenvalue weighted by molar-refractivity contribution is 9.10. The van der Waals surface area contributed by atoms with Gasteiger partial charge in [-0.3, -0.25) is 4.79 Å². The van der Waals surface area contributed by atoms with E-state index in [2.05, 4.69) is 21.2 Å². The summed E-state index contributed by atoms with van der Waals surface area (Å²) < 4.78 is 32.9. The van der Waals surface area contributed by atoms with E-state index < -0.39 is 10.0 Å². The monoisotopic (exact) mass is 492 g/mol. The summed E-state index contributed by atoms with van der Waals surface area (Å²) in [4.78, 5) is 12.4. The van der Waals surface area contributed by atoms with Gasteiger partial charge >= 0.3 is 0 Å². The van der Waals surface area contributed by atoms with Gasteiger partial charge in [-0.05, 0) is 54.8 Å². The van der Waals surface area contributed by atoms with Gasteiger partial charge in [0.2, 0.25) is 15.9 Å². The fourth-order valence-electron chi connectivity index (χ4n) is 3.17. The van der Waals surface area contributed by atoms with Crippen LogP contribution in [0.4, 0.5) is 0 Å². The van der Waals surface area contributed by atoms with Crippen molar-refractivity contribution >= 4 is 37.9 Å². The molecule has 1 aliphatic rings. The number of morpholine rings is 1. The van der Waals surface area contributed by atoms with Crippen LogP contribution in [0.5, 0.6) is 0 Å². The second kappa shape index (κ2) is 10.3. The molecule has 1 unspecified atom stereocenters. The van der Waals surface area contributed by atoms with Crippen molar-refractivity contribution in [2.45, 2.75) is 24.3 Å². The Balaban J connectivity index is 1.55. The van der Waals surface area contributed by atoms with Crippen molar-refractivity contribution in [1.82, 2.24) is 9.62 Å². The lowest BCUT2D eigenvalue weighted by Gasteiger charge is -2.26. The van der Waals surface area contributed by atoms with Gasteiger partial charge in [0.15, 0.2) is 0 Å². The molecule has 1 N–H and O–H groups in total. The molecule has 0 bridgehead atoms. The zero-order chi connectivity index (χ0) is 21.6. The third-order valence-electron chi connectivity index (χ3n) is 4.76. The molecule has 1 aliphatic heterocycles. The minimum Gasteiger partial charge on any atom is -0.379 e. The number of rotatable bonds is 7. The summed E-state index contributed by atoms with van der Waals surface area (Å²) >= 11 is 3.41. The number of ether oxygens (including phenoxy) is 1. The van der Waals surface area contributed by atoms with Crippen LogP contribution in [0, 0.1) is 0 Å². The molecule has 30 heavy (non-hydrogen) atoms. The highest BCUT2D eigenvalue weighted by Crippen LogP contribution is 2.18. The molecular formula is C22H25BrN2O4S. The van der Waals surface area contributed by atoms with Crippen LogP contribution < -0.4 is 5.32 Å². The lowest BCUT2D eigenvalue weighted by atomic mass is 10.1. The standard InChI is InChI=1S/C22H25BrN2O4S/c1-17(16-19-2-7-20(23)8-3-19)24-22(26)11-6-18-4-9-21(10-5-18)30(27,28)25-12-14-29-15-13-25/h2-11,17H,12-16H2,1H3,(H,24,26)/b11-6+. The molecule has 160 valence electrons. The maximum absolute atomic E-state index is 12.6. The summed E-state index contributed by atoms with van der Waals surface area (Å²) in [5.41, 5.74) is 1.90. The normalized spacial score (nSPS) is 16.5. The van der Waals surface area contributed by atoms with E-state index in [1.807, 2.05) is 31.2 Å². The Bertz CT molecular complexity index is 983. The zero-order valence-electron chi connectivity index (χ0n) is 16.8. The molecule has 1 saturated heterocycles. The summed E-state index contributed by atoms with van der Waals surface area (Å²) in [6, 6.07) is 14.5. The first-order chi connectivity index (χ1) is 14.3. The number of benzene rings is 2. The average Bonchev–Trinajstić information content (AvgIpc) is 2.75. The SMILES string of the molecule is CC(Cc1ccc(Br)cc1)NC(=O)/C=C/c1ccc(S(=O)(=O)N2CCOCC2)cc1. The third-order valence-corrected chi connectivity index (χ3v) is 7.20. The number of sulfonamides is 1. The van der Waals surface area contributed by atoms with E-state index in [4.69, 9.17) is 4.74 Å². The maximum Gasteiger partial charge on any atom is 0.244 e. The number of nitrogens with zero attached hydrogens (tertiary/aromatic N) is 1. The van der Waals surface area contributed by atoms with Gasteiger partial charge in [-0.2, -0.15) is 4.31 Å². The molecule has 0 aliphatic carbocycles. The smallest absolute Gasteiger partial charge is 0.244 e. The van der Waals surface area contributed by atoms with Crippen molar-refractivity contribution in [3.8, 4) is 0 Å². The Morgan fingerprint density at radius 3 is 2.40 bits per heavy atom. The minimum atomic E-state index is -3.51. The summed E-state index contributed by atoms with van der Waals surface area (Å²) in [6.07, 6.45) is 3.87. The van der Waals surface area contributed by atoms with E-state index in [-0.39, 0.29) is 16.8 Å². The van der Waals surface area contributed by atoms with Crippen molar-refractivity contribution in [3.05, 3.63) is 70.2 Å². The van der Waals surface area contributed by atoms with Crippen LogP contribution in [0.25, 0.3) is 6.08 Å². The van der Waals surface area contributed by atoms with E-state index >= 15 is 0 Å². The Morgan fingerprint density at radius 2 is 1.77 bits per heavy atom. The van der Waals surface area contributed by atoms with Crippen molar-refractivity contribution < 1.29 is 17.9 Å². The van der Waals surface area contributed by atoms with Crippen LogP contribution in [0.2, 0.25) is 0 Å². The average molecular weight is 493 g/mol. The summed E-state index contributed by atoms with van der Waals surface area (Å²) in [7, 11) is -3.51. The molecule has 1 amide bonds. The van der Waals surface area contributed by atoms with Crippen molar-refractivity contribution in [2.24, 2.45) is 0 Å². The molecule has 2 aromatic carbocycles. The second-order valence-electron chi connectivity index (χ2n) is 7.16. The zero-order valence-corrected chi connectivity index (χ0v) is 19.2. The number of nitrogens with one attached hydrogen (secondary N) is 1. The summed E-state index contributed by atoms with van der Waals surface area (Å²) in [5, 5.41) is 2.94. The van der Waals surface area contributed by atoms with E-state index in [0.29, 0.717) is 26.3 Å². The molecule has 0 radical (unpaired) electrons. The van der Waals surface area contributed by atoms with Crippen LogP contribution in [0.15, 0.2) is 64.0 Å². The first-order valence-corrected chi connectivity index (χ1v) is 12.0. The van der Waals surface area contributed by atoms with Gasteiger partial charge in [0.1, 0.15) is 0 Å². The minimum absolute atomic E-state index is 0.00985. The van der Waals surface area contributed by atoms with E-state index in [1.54, 1.807) is 30.3 Å². The van der Waals surface area contributed by atoms with Crippen molar-refractivity contribution in [1.29, 1.82) is 0 Å². The molecular weight excluding hydrogens is 468 g/mol. The fourth-order valence-corrected chi connectivity index (χ4v) is 4.85. The van der Waals surface area contributed by atoms with Gasteiger partial charge in [0.05, 0.1) is 18.1 Å². The molecule has 6 nitrogen and oxygen atoms in total. The first-order valence-electron chi connectivity index (χ1n) is 9.75. The highest BCUT2D eigenvalue weighted by Gasteiger charge is 2.25. The van der Waals surface area contributed by atoms with Crippen LogP contribution in [0.3, 0.4) is 0 Å². The largest absolute Gasteiger partial charge is 0.379 e. The number of hydrogen-bond donors (Lipinski definition) is 1. The predicted molar refractivity (Wildman–Crippen MR) is 121 cm³/mol. The van der Waals surface area contributed by atoms with Crippen LogP contribution in [0.1, 0.15) is 18.1 Å². The lowest BCUT2D eigenvalue weighted by Crippen LogP contribution is -2.40. The molecule has 0 spiro atoms. The molecule has 0 saturated carbocycles. The van der Waals surface area contributed by atoms with Gasteiger partial charge in [0.25, 0.3) is 0 Å². The first kappa shape index (κ1) is 22.7. The molecule has 8 heteroatoms. The Hall–Kier alpha value is -2.00. The number of halogens is 1. The number of hydrogen-bond acceptors (Lipinski definition) is 4. The summed E-state index contributed by atoms with van der Waals surface area (Å²) in [6.45, 7) is 3.51. The molecule has 1 atom stereocenters. The Kier molecular flexibility index (Phi) is 7.82. The van der Waals surface area contributed by atoms with Gasteiger partial charge in [-0.1, -0.05) is 40.2 Å². The van der Waals surface area contributed by atoms with Gasteiger partial charge < -0.3 is 10.1 Å². The van der Waals surface area contributed by atoms with Crippen molar-refractivity contribution in [3.63, 3.8) is 0 Å². The molecule has 1 fully saturated rings. The number of carbonyl (C=O) groups is 1. The number of carbonyl (C=O) groups excluding carboxylic acids is 1. The van der Waals surface area contributed by atoms with Crippen LogP contribution >= 0.6 is 15.9 Å². The fraction of sp³-hybridized carbons (Fsp3) is 0.318. The number of amides is 1.